The zero-order valence-corrected chi connectivity index (χ0v) is 14.5. The Morgan fingerprint density at radius 1 is 1.39 bits per heavy atom. The molecule has 0 saturated carbocycles. The lowest BCUT2D eigenvalue weighted by molar-refractivity contribution is 0.0147. The lowest BCUT2D eigenvalue weighted by Gasteiger charge is -2.34. The Labute approximate surface area is 137 Å². The summed E-state index contributed by atoms with van der Waals surface area (Å²) < 4.78 is 10.7. The van der Waals surface area contributed by atoms with Crippen molar-refractivity contribution in [3.05, 3.63) is 24.2 Å². The Morgan fingerprint density at radius 3 is 2.57 bits per heavy atom. The van der Waals surface area contributed by atoms with Gasteiger partial charge in [-0.1, -0.05) is 0 Å². The average Bonchev–Trinajstić information content (AvgIpc) is 2.99. The summed E-state index contributed by atoms with van der Waals surface area (Å²) in [5.74, 6) is 0.552. The van der Waals surface area contributed by atoms with Crippen LogP contribution >= 0.6 is 0 Å². The highest BCUT2D eigenvalue weighted by atomic mass is 16.6. The van der Waals surface area contributed by atoms with Gasteiger partial charge in [-0.3, -0.25) is 0 Å². The fourth-order valence-corrected chi connectivity index (χ4v) is 2.61. The first-order chi connectivity index (χ1) is 10.7. The summed E-state index contributed by atoms with van der Waals surface area (Å²) in [6.07, 6.45) is 2.99. The minimum Gasteiger partial charge on any atom is -0.466 e. The number of carbonyl (C=O) groups is 1. The summed E-state index contributed by atoms with van der Waals surface area (Å²) in [6, 6.07) is 3.81. The maximum atomic E-state index is 12.0. The highest BCUT2D eigenvalue weighted by Crippen LogP contribution is 2.21. The van der Waals surface area contributed by atoms with Crippen LogP contribution in [0.1, 0.15) is 46.3 Å². The number of nitrogens with one attached hydrogen (secondary N) is 1. The number of hydrogen-bond acceptors (Lipinski definition) is 5. The molecule has 1 fully saturated rings. The smallest absolute Gasteiger partial charge is 0.410 e. The molecule has 0 aromatic carbocycles. The third-order valence-corrected chi connectivity index (χ3v) is 3.93. The van der Waals surface area contributed by atoms with Crippen LogP contribution in [0.3, 0.4) is 0 Å². The first-order valence-electron chi connectivity index (χ1n) is 8.15. The van der Waals surface area contributed by atoms with Gasteiger partial charge in [-0.05, 0) is 52.7 Å². The molecule has 1 saturated heterocycles. The SMILES string of the molecule is CC(C)(C)OC(=O)N1CCC(NCC(C)(O)c2ccco2)CC1. The summed E-state index contributed by atoms with van der Waals surface area (Å²) in [5.41, 5.74) is -1.50. The molecule has 1 aliphatic heterocycles. The van der Waals surface area contributed by atoms with Crippen molar-refractivity contribution in [1.29, 1.82) is 0 Å². The van der Waals surface area contributed by atoms with Crippen LogP contribution in [0.2, 0.25) is 0 Å². The van der Waals surface area contributed by atoms with Crippen LogP contribution < -0.4 is 5.32 Å². The second-order valence-corrected chi connectivity index (χ2v) is 7.37. The third-order valence-electron chi connectivity index (χ3n) is 3.93. The van der Waals surface area contributed by atoms with Gasteiger partial charge in [-0.2, -0.15) is 0 Å². The molecule has 6 heteroatoms. The van der Waals surface area contributed by atoms with Crippen molar-refractivity contribution in [3.63, 3.8) is 0 Å². The van der Waals surface area contributed by atoms with Gasteiger partial charge in [0, 0.05) is 25.7 Å². The van der Waals surface area contributed by atoms with Gasteiger partial charge in [-0.15, -0.1) is 0 Å². The molecular weight excluding hydrogens is 296 g/mol. The fourth-order valence-electron chi connectivity index (χ4n) is 2.61. The predicted octanol–water partition coefficient (Wildman–Crippen LogP) is 2.48. The van der Waals surface area contributed by atoms with E-state index in [2.05, 4.69) is 5.32 Å². The number of furan rings is 1. The van der Waals surface area contributed by atoms with E-state index < -0.39 is 11.2 Å². The summed E-state index contributed by atoms with van der Waals surface area (Å²) in [5, 5.41) is 13.8. The Balaban J connectivity index is 1.76. The Bertz CT molecular complexity index is 497. The number of aliphatic hydroxyl groups is 1. The van der Waals surface area contributed by atoms with Crippen molar-refractivity contribution in [2.75, 3.05) is 19.6 Å². The molecule has 130 valence electrons. The quantitative estimate of drug-likeness (QED) is 0.890. The first-order valence-corrected chi connectivity index (χ1v) is 8.15. The van der Waals surface area contributed by atoms with E-state index in [0.29, 0.717) is 25.4 Å². The van der Waals surface area contributed by atoms with Crippen LogP contribution in [0.4, 0.5) is 4.79 Å². The highest BCUT2D eigenvalue weighted by molar-refractivity contribution is 5.68. The Morgan fingerprint density at radius 2 is 2.04 bits per heavy atom. The number of likely N-dealkylation sites (tertiary alicyclic amines) is 1. The van der Waals surface area contributed by atoms with Crippen molar-refractivity contribution in [2.45, 2.75) is 57.8 Å². The molecule has 1 unspecified atom stereocenters. The van der Waals surface area contributed by atoms with Gasteiger partial charge in [0.25, 0.3) is 0 Å². The number of ether oxygens (including phenoxy) is 1. The predicted molar refractivity (Wildman–Crippen MR) is 87.1 cm³/mol. The molecule has 2 rings (SSSR count). The molecule has 0 spiro atoms. The number of carbonyl (C=O) groups excluding carboxylic acids is 1. The summed E-state index contributed by atoms with van der Waals surface area (Å²) in [7, 11) is 0. The summed E-state index contributed by atoms with van der Waals surface area (Å²) >= 11 is 0. The molecule has 2 N–H and O–H groups in total. The second kappa shape index (κ2) is 6.93. The Hall–Kier alpha value is -1.53. The molecule has 6 nitrogen and oxygen atoms in total. The van der Waals surface area contributed by atoms with Crippen molar-refractivity contribution >= 4 is 6.09 Å². The standard InChI is InChI=1S/C17H28N2O4/c1-16(2,3)23-15(20)19-9-7-13(8-10-19)18-12-17(4,21)14-6-5-11-22-14/h5-6,11,13,18,21H,7-10,12H2,1-4H3. The Kier molecular flexibility index (Phi) is 5.37. The van der Waals surface area contributed by atoms with E-state index in [4.69, 9.17) is 9.15 Å². The number of rotatable bonds is 4. The lowest BCUT2D eigenvalue weighted by Crippen LogP contribution is -2.48. The molecule has 1 atom stereocenters. The summed E-state index contributed by atoms with van der Waals surface area (Å²) in [4.78, 5) is 13.8. The molecular formula is C17H28N2O4. The molecule has 0 bridgehead atoms. The number of hydrogen-bond donors (Lipinski definition) is 2. The van der Waals surface area contributed by atoms with Crippen LogP contribution in [0.25, 0.3) is 0 Å². The molecule has 2 heterocycles. The monoisotopic (exact) mass is 324 g/mol. The van der Waals surface area contributed by atoms with Gasteiger partial charge < -0.3 is 24.5 Å². The van der Waals surface area contributed by atoms with Gasteiger partial charge in [0.2, 0.25) is 0 Å². The van der Waals surface area contributed by atoms with Crippen molar-refractivity contribution < 1.29 is 19.1 Å². The van der Waals surface area contributed by atoms with Crippen molar-refractivity contribution in [1.82, 2.24) is 10.2 Å². The minimum absolute atomic E-state index is 0.251. The third kappa shape index (κ3) is 5.25. The first kappa shape index (κ1) is 17.8. The fraction of sp³-hybridized carbons (Fsp3) is 0.706. The van der Waals surface area contributed by atoms with Crippen LogP contribution in [0.5, 0.6) is 0 Å². The van der Waals surface area contributed by atoms with E-state index in [1.165, 1.54) is 0 Å². The largest absolute Gasteiger partial charge is 0.466 e. The molecule has 0 aliphatic carbocycles. The highest BCUT2D eigenvalue weighted by Gasteiger charge is 2.30. The minimum atomic E-state index is -1.04. The van der Waals surface area contributed by atoms with Gasteiger partial charge in [0.15, 0.2) is 0 Å². The zero-order valence-electron chi connectivity index (χ0n) is 14.5. The molecule has 1 amide bonds. The van der Waals surface area contributed by atoms with Crippen molar-refractivity contribution in [3.8, 4) is 0 Å². The zero-order chi connectivity index (χ0) is 17.1. The van der Waals surface area contributed by atoms with Gasteiger partial charge >= 0.3 is 6.09 Å². The van der Waals surface area contributed by atoms with Crippen molar-refractivity contribution in [2.24, 2.45) is 0 Å². The van der Waals surface area contributed by atoms with Gasteiger partial charge in [0.05, 0.1) is 6.26 Å². The van der Waals surface area contributed by atoms with E-state index in [1.54, 1.807) is 30.2 Å². The van der Waals surface area contributed by atoms with Crippen LogP contribution in [0.15, 0.2) is 22.8 Å². The maximum Gasteiger partial charge on any atom is 0.410 e. The van der Waals surface area contributed by atoms with E-state index in [0.717, 1.165) is 12.8 Å². The van der Waals surface area contributed by atoms with E-state index in [-0.39, 0.29) is 12.1 Å². The van der Waals surface area contributed by atoms with Gasteiger partial charge in [0.1, 0.15) is 17.0 Å². The lowest BCUT2D eigenvalue weighted by atomic mass is 10.0. The normalized spacial score (nSPS) is 19.4. The maximum absolute atomic E-state index is 12.0. The molecule has 0 radical (unpaired) electrons. The van der Waals surface area contributed by atoms with E-state index >= 15 is 0 Å². The van der Waals surface area contributed by atoms with E-state index in [1.807, 2.05) is 20.8 Å². The van der Waals surface area contributed by atoms with Gasteiger partial charge in [-0.25, -0.2) is 4.79 Å². The topological polar surface area (TPSA) is 74.9 Å². The van der Waals surface area contributed by atoms with Crippen LogP contribution in [-0.4, -0.2) is 47.4 Å². The number of amides is 1. The summed E-state index contributed by atoms with van der Waals surface area (Å²) in [6.45, 7) is 9.08. The number of nitrogens with zero attached hydrogens (tertiary/aromatic N) is 1. The molecule has 1 aromatic rings. The second-order valence-electron chi connectivity index (χ2n) is 7.37. The van der Waals surface area contributed by atoms with E-state index in [9.17, 15) is 9.90 Å². The number of piperidine rings is 1. The molecule has 23 heavy (non-hydrogen) atoms. The molecule has 1 aliphatic rings. The molecule has 1 aromatic heterocycles. The average molecular weight is 324 g/mol. The van der Waals surface area contributed by atoms with Crippen LogP contribution in [-0.2, 0) is 10.3 Å². The van der Waals surface area contributed by atoms with Crippen LogP contribution in [0, 0.1) is 0 Å².